The zero-order valence-electron chi connectivity index (χ0n) is 13.4. The number of piperidine rings is 1. The molecule has 0 bridgehead atoms. The molecule has 0 unspecified atom stereocenters. The molecule has 3 nitrogen and oxygen atoms in total. The summed E-state index contributed by atoms with van der Waals surface area (Å²) in [5, 5.41) is 0. The molecule has 1 aliphatic rings. The molecule has 1 aromatic rings. The summed E-state index contributed by atoms with van der Waals surface area (Å²) in [5.41, 5.74) is 0.591. The summed E-state index contributed by atoms with van der Waals surface area (Å²) in [7, 11) is 0. The van der Waals surface area contributed by atoms with Gasteiger partial charge in [0.15, 0.2) is 0 Å². The van der Waals surface area contributed by atoms with Crippen LogP contribution in [0.5, 0.6) is 0 Å². The van der Waals surface area contributed by atoms with Crippen LogP contribution < -0.4 is 0 Å². The number of benzene rings is 1. The molecule has 1 aliphatic heterocycles. The maximum absolute atomic E-state index is 12.0. The van der Waals surface area contributed by atoms with Crippen LogP contribution in [-0.4, -0.2) is 29.7 Å². The largest absolute Gasteiger partial charge is 0.444 e. The first-order valence-electron chi connectivity index (χ1n) is 7.58. The van der Waals surface area contributed by atoms with E-state index in [-0.39, 0.29) is 6.09 Å². The monoisotopic (exact) mass is 363 g/mol. The maximum atomic E-state index is 12.0. The molecule has 22 heavy (non-hydrogen) atoms. The van der Waals surface area contributed by atoms with Gasteiger partial charge in [-0.25, -0.2) is 4.79 Å². The summed E-state index contributed by atoms with van der Waals surface area (Å²) in [4.78, 5) is 13.8. The number of halogens is 1. The third-order valence-corrected chi connectivity index (χ3v) is 3.94. The Hall–Kier alpha value is -1.47. The van der Waals surface area contributed by atoms with Crippen LogP contribution in [0, 0.1) is 17.8 Å². The highest BCUT2D eigenvalue weighted by Crippen LogP contribution is 2.19. The van der Waals surface area contributed by atoms with Crippen molar-refractivity contribution in [3.05, 3.63) is 34.3 Å². The number of carbonyl (C=O) groups is 1. The van der Waals surface area contributed by atoms with Crippen molar-refractivity contribution in [3.8, 4) is 11.8 Å². The van der Waals surface area contributed by atoms with E-state index in [1.165, 1.54) is 0 Å². The van der Waals surface area contributed by atoms with Crippen molar-refractivity contribution in [2.75, 3.05) is 13.1 Å². The number of likely N-dealkylation sites (tertiary alicyclic amines) is 1. The van der Waals surface area contributed by atoms with E-state index in [9.17, 15) is 4.79 Å². The fourth-order valence-electron chi connectivity index (χ4n) is 2.25. The standard InChI is InChI=1S/C18H22BrNO2/c1-18(2,3)22-17(21)20-12-10-15(11-13-20)5-4-14-6-8-16(19)9-7-14/h6-9,15H,10-13H2,1-3H3. The third-order valence-electron chi connectivity index (χ3n) is 3.41. The molecule has 0 N–H and O–H groups in total. The topological polar surface area (TPSA) is 29.5 Å². The Bertz CT molecular complexity index is 570. The number of hydrogen-bond donors (Lipinski definition) is 0. The normalized spacial score (nSPS) is 15.9. The maximum Gasteiger partial charge on any atom is 0.410 e. The number of nitrogens with zero attached hydrogens (tertiary/aromatic N) is 1. The van der Waals surface area contributed by atoms with Crippen LogP contribution in [0.15, 0.2) is 28.7 Å². The molecule has 1 aromatic carbocycles. The number of amides is 1. The molecule has 118 valence electrons. The summed E-state index contributed by atoms with van der Waals surface area (Å²) in [6, 6.07) is 8.00. The van der Waals surface area contributed by atoms with Crippen molar-refractivity contribution >= 4 is 22.0 Å². The summed E-state index contributed by atoms with van der Waals surface area (Å²) < 4.78 is 6.46. The van der Waals surface area contributed by atoms with Crippen molar-refractivity contribution in [2.45, 2.75) is 39.2 Å². The molecule has 2 rings (SSSR count). The van der Waals surface area contributed by atoms with E-state index < -0.39 is 5.60 Å². The molecule has 0 spiro atoms. The molecule has 1 saturated heterocycles. The minimum atomic E-state index is -0.435. The second-order valence-corrected chi connectivity index (χ2v) is 7.43. The Morgan fingerprint density at radius 3 is 2.36 bits per heavy atom. The fraction of sp³-hybridized carbons (Fsp3) is 0.500. The Kier molecular flexibility index (Phi) is 5.52. The van der Waals surface area contributed by atoms with Gasteiger partial charge in [0, 0.05) is 29.0 Å². The summed E-state index contributed by atoms with van der Waals surface area (Å²) in [6.07, 6.45) is 1.60. The first kappa shape index (κ1) is 16.9. The average molecular weight is 364 g/mol. The minimum Gasteiger partial charge on any atom is -0.444 e. The van der Waals surface area contributed by atoms with Gasteiger partial charge in [-0.15, -0.1) is 0 Å². The van der Waals surface area contributed by atoms with Crippen molar-refractivity contribution in [2.24, 2.45) is 5.92 Å². The van der Waals surface area contributed by atoms with E-state index >= 15 is 0 Å². The van der Waals surface area contributed by atoms with Crippen molar-refractivity contribution in [1.82, 2.24) is 4.90 Å². The van der Waals surface area contributed by atoms with Crippen LogP contribution >= 0.6 is 15.9 Å². The lowest BCUT2D eigenvalue weighted by molar-refractivity contribution is 0.0199. The van der Waals surface area contributed by atoms with Crippen LogP contribution in [-0.2, 0) is 4.74 Å². The van der Waals surface area contributed by atoms with Gasteiger partial charge in [-0.3, -0.25) is 0 Å². The predicted molar refractivity (Wildman–Crippen MR) is 91.6 cm³/mol. The van der Waals surface area contributed by atoms with Gasteiger partial charge in [-0.2, -0.15) is 0 Å². The molecule has 0 radical (unpaired) electrons. The van der Waals surface area contributed by atoms with Crippen molar-refractivity contribution in [1.29, 1.82) is 0 Å². The smallest absolute Gasteiger partial charge is 0.410 e. The number of rotatable bonds is 0. The van der Waals surface area contributed by atoms with Gasteiger partial charge in [0.05, 0.1) is 0 Å². The highest BCUT2D eigenvalue weighted by atomic mass is 79.9. The lowest BCUT2D eigenvalue weighted by atomic mass is 9.97. The molecule has 0 atom stereocenters. The molecule has 0 aromatic heterocycles. The van der Waals surface area contributed by atoms with E-state index in [2.05, 4.69) is 27.8 Å². The minimum absolute atomic E-state index is 0.216. The second kappa shape index (κ2) is 7.19. The van der Waals surface area contributed by atoms with E-state index in [1.54, 1.807) is 4.90 Å². The zero-order chi connectivity index (χ0) is 16.2. The van der Waals surface area contributed by atoms with Gasteiger partial charge in [0.2, 0.25) is 0 Å². The van der Waals surface area contributed by atoms with Crippen LogP contribution in [0.3, 0.4) is 0 Å². The molecule has 0 aliphatic carbocycles. The van der Waals surface area contributed by atoms with Gasteiger partial charge in [0.1, 0.15) is 5.60 Å². The predicted octanol–water partition coefficient (Wildman–Crippen LogP) is 4.45. The van der Waals surface area contributed by atoms with Crippen LogP contribution in [0.4, 0.5) is 4.79 Å². The second-order valence-electron chi connectivity index (χ2n) is 6.52. The third kappa shape index (κ3) is 5.38. The number of carbonyl (C=O) groups excluding carboxylic acids is 1. The molecular formula is C18H22BrNO2. The Balaban J connectivity index is 1.85. The highest BCUT2D eigenvalue weighted by molar-refractivity contribution is 9.10. The van der Waals surface area contributed by atoms with Crippen LogP contribution in [0.25, 0.3) is 0 Å². The quantitative estimate of drug-likeness (QED) is 0.637. The SMILES string of the molecule is CC(C)(C)OC(=O)N1CCC(C#Cc2ccc(Br)cc2)CC1. The van der Waals surface area contributed by atoms with Gasteiger partial charge >= 0.3 is 6.09 Å². The molecule has 1 amide bonds. The first-order valence-corrected chi connectivity index (χ1v) is 8.38. The number of hydrogen-bond acceptors (Lipinski definition) is 2. The summed E-state index contributed by atoms with van der Waals surface area (Å²) in [6.45, 7) is 7.10. The van der Waals surface area contributed by atoms with Gasteiger partial charge in [-0.1, -0.05) is 27.8 Å². The zero-order valence-corrected chi connectivity index (χ0v) is 14.9. The van der Waals surface area contributed by atoms with Gasteiger partial charge in [-0.05, 0) is 57.9 Å². The van der Waals surface area contributed by atoms with Crippen molar-refractivity contribution < 1.29 is 9.53 Å². The highest BCUT2D eigenvalue weighted by Gasteiger charge is 2.26. The fourth-order valence-corrected chi connectivity index (χ4v) is 2.52. The summed E-state index contributed by atoms with van der Waals surface area (Å²) >= 11 is 3.42. The van der Waals surface area contributed by atoms with E-state index in [1.807, 2.05) is 45.0 Å². The lowest BCUT2D eigenvalue weighted by Crippen LogP contribution is -2.41. The van der Waals surface area contributed by atoms with Gasteiger partial charge < -0.3 is 9.64 Å². The Morgan fingerprint density at radius 1 is 1.23 bits per heavy atom. The molecular weight excluding hydrogens is 342 g/mol. The number of ether oxygens (including phenoxy) is 1. The van der Waals surface area contributed by atoms with Gasteiger partial charge in [0.25, 0.3) is 0 Å². The van der Waals surface area contributed by atoms with E-state index in [0.29, 0.717) is 19.0 Å². The summed E-state index contributed by atoms with van der Waals surface area (Å²) in [5.74, 6) is 6.89. The van der Waals surface area contributed by atoms with Crippen LogP contribution in [0.2, 0.25) is 0 Å². The Morgan fingerprint density at radius 2 is 1.82 bits per heavy atom. The lowest BCUT2D eigenvalue weighted by Gasteiger charge is -2.31. The molecule has 4 heteroatoms. The molecule has 1 heterocycles. The van der Waals surface area contributed by atoms with Crippen LogP contribution in [0.1, 0.15) is 39.2 Å². The average Bonchev–Trinajstić information content (AvgIpc) is 2.45. The van der Waals surface area contributed by atoms with E-state index in [0.717, 1.165) is 22.9 Å². The Labute approximate surface area is 141 Å². The first-order chi connectivity index (χ1) is 10.3. The molecule has 0 saturated carbocycles. The van der Waals surface area contributed by atoms with Crippen molar-refractivity contribution in [3.63, 3.8) is 0 Å². The molecule has 1 fully saturated rings. The van der Waals surface area contributed by atoms with E-state index in [4.69, 9.17) is 4.74 Å².